The number of nitrogens with zero attached hydrogens (tertiary/aromatic N) is 1. The van der Waals surface area contributed by atoms with Crippen LogP contribution in [0.15, 0.2) is 18.2 Å². The zero-order valence-electron chi connectivity index (χ0n) is 9.75. The quantitative estimate of drug-likeness (QED) is 0.849. The highest BCUT2D eigenvalue weighted by Crippen LogP contribution is 2.27. The molecule has 0 aromatic heterocycles. The second-order valence-electron chi connectivity index (χ2n) is 4.46. The third-order valence-electron chi connectivity index (χ3n) is 3.39. The molecule has 16 heavy (non-hydrogen) atoms. The molecule has 0 aliphatic carbocycles. The van der Waals surface area contributed by atoms with Crippen molar-refractivity contribution in [1.82, 2.24) is 0 Å². The van der Waals surface area contributed by atoms with E-state index >= 15 is 0 Å². The molecule has 1 aromatic carbocycles. The van der Waals surface area contributed by atoms with Crippen LogP contribution in [0.25, 0.3) is 0 Å². The number of anilines is 1. The highest BCUT2D eigenvalue weighted by Gasteiger charge is 2.23. The number of benzene rings is 1. The average molecular weight is 222 g/mol. The Labute approximate surface area is 96.2 Å². The molecule has 1 aromatic rings. The van der Waals surface area contributed by atoms with Gasteiger partial charge in [-0.3, -0.25) is 0 Å². The Morgan fingerprint density at radius 1 is 1.50 bits per heavy atom. The van der Waals surface area contributed by atoms with Gasteiger partial charge in [-0.15, -0.1) is 0 Å². The maximum absolute atomic E-state index is 13.3. The fraction of sp³-hybridized carbons (Fsp3) is 0.538. The molecule has 1 atom stereocenters. The fourth-order valence-corrected chi connectivity index (χ4v) is 2.37. The minimum atomic E-state index is -0.150. The predicted molar refractivity (Wildman–Crippen MR) is 65.2 cm³/mol. The van der Waals surface area contributed by atoms with Gasteiger partial charge in [-0.2, -0.15) is 0 Å². The summed E-state index contributed by atoms with van der Waals surface area (Å²) in [5.41, 5.74) is 7.95. The second kappa shape index (κ2) is 4.83. The summed E-state index contributed by atoms with van der Waals surface area (Å²) < 4.78 is 13.3. The maximum atomic E-state index is 13.3. The van der Waals surface area contributed by atoms with E-state index in [0.717, 1.165) is 38.2 Å². The average Bonchev–Trinajstić information content (AvgIpc) is 2.77. The molecule has 1 aliphatic rings. The van der Waals surface area contributed by atoms with E-state index in [-0.39, 0.29) is 5.82 Å². The van der Waals surface area contributed by atoms with Crippen LogP contribution < -0.4 is 10.6 Å². The van der Waals surface area contributed by atoms with Gasteiger partial charge in [0.15, 0.2) is 0 Å². The van der Waals surface area contributed by atoms with Gasteiger partial charge in [-0.05, 0) is 43.0 Å². The Morgan fingerprint density at radius 2 is 2.31 bits per heavy atom. The summed E-state index contributed by atoms with van der Waals surface area (Å²) in [6.07, 6.45) is 2.07. The topological polar surface area (TPSA) is 29.3 Å². The van der Waals surface area contributed by atoms with Gasteiger partial charge < -0.3 is 10.6 Å². The summed E-state index contributed by atoms with van der Waals surface area (Å²) in [4.78, 5) is 2.26. The number of rotatable bonds is 3. The Hall–Kier alpha value is -1.09. The van der Waals surface area contributed by atoms with Crippen molar-refractivity contribution >= 4 is 5.69 Å². The van der Waals surface area contributed by atoms with Gasteiger partial charge >= 0.3 is 0 Å². The molecule has 2 nitrogen and oxygen atoms in total. The largest absolute Gasteiger partial charge is 0.371 e. The van der Waals surface area contributed by atoms with Crippen LogP contribution in [-0.2, 0) is 6.42 Å². The Balaban J connectivity index is 2.22. The number of halogens is 1. The van der Waals surface area contributed by atoms with Crippen LogP contribution in [0.5, 0.6) is 0 Å². The molecule has 0 spiro atoms. The van der Waals surface area contributed by atoms with Gasteiger partial charge in [0, 0.05) is 18.8 Å². The van der Waals surface area contributed by atoms with Crippen molar-refractivity contribution in [2.45, 2.75) is 19.8 Å². The maximum Gasteiger partial charge on any atom is 0.125 e. The van der Waals surface area contributed by atoms with Crippen LogP contribution in [0.1, 0.15) is 18.9 Å². The molecule has 0 saturated carbocycles. The summed E-state index contributed by atoms with van der Waals surface area (Å²) in [6.45, 7) is 4.80. The lowest BCUT2D eigenvalue weighted by atomic mass is 10.1. The first kappa shape index (κ1) is 11.4. The van der Waals surface area contributed by atoms with Crippen molar-refractivity contribution in [2.75, 3.05) is 24.5 Å². The predicted octanol–water partition coefficient (Wildman–Crippen LogP) is 2.17. The Morgan fingerprint density at radius 3 is 2.94 bits per heavy atom. The lowest BCUT2D eigenvalue weighted by molar-refractivity contribution is 0.601. The molecule has 1 heterocycles. The zero-order valence-corrected chi connectivity index (χ0v) is 9.75. The lowest BCUT2D eigenvalue weighted by Gasteiger charge is -2.21. The van der Waals surface area contributed by atoms with E-state index in [2.05, 4.69) is 11.8 Å². The third-order valence-corrected chi connectivity index (χ3v) is 3.39. The highest BCUT2D eigenvalue weighted by molar-refractivity contribution is 5.54. The van der Waals surface area contributed by atoms with Crippen LogP contribution in [0.4, 0.5) is 10.1 Å². The van der Waals surface area contributed by atoms with E-state index in [4.69, 9.17) is 5.73 Å². The molecule has 2 N–H and O–H groups in total. The normalized spacial score (nSPS) is 20.4. The molecular weight excluding hydrogens is 203 g/mol. The minimum Gasteiger partial charge on any atom is -0.371 e. The molecule has 0 radical (unpaired) electrons. The van der Waals surface area contributed by atoms with Gasteiger partial charge in [-0.1, -0.05) is 13.0 Å². The van der Waals surface area contributed by atoms with Crippen LogP contribution in [0, 0.1) is 11.7 Å². The van der Waals surface area contributed by atoms with Crippen molar-refractivity contribution in [2.24, 2.45) is 11.7 Å². The van der Waals surface area contributed by atoms with Gasteiger partial charge in [-0.25, -0.2) is 4.39 Å². The highest BCUT2D eigenvalue weighted by atomic mass is 19.1. The van der Waals surface area contributed by atoms with E-state index in [1.54, 1.807) is 12.1 Å². The molecule has 1 aliphatic heterocycles. The molecule has 3 heteroatoms. The summed E-state index contributed by atoms with van der Waals surface area (Å²) in [5, 5.41) is 0. The van der Waals surface area contributed by atoms with E-state index in [1.165, 1.54) is 5.56 Å². The van der Waals surface area contributed by atoms with Crippen molar-refractivity contribution in [3.05, 3.63) is 29.6 Å². The molecule has 1 fully saturated rings. The van der Waals surface area contributed by atoms with E-state index in [1.807, 2.05) is 6.07 Å². The van der Waals surface area contributed by atoms with Gasteiger partial charge in [0.05, 0.1) is 0 Å². The number of hydrogen-bond donors (Lipinski definition) is 1. The molecule has 88 valence electrons. The standard InChI is InChI=1S/C13H19FN2/c1-2-11-3-4-12(14)7-13(11)16-6-5-10(8-15)9-16/h3-4,7,10H,2,5-6,8-9,15H2,1H3. The fourth-order valence-electron chi connectivity index (χ4n) is 2.37. The van der Waals surface area contributed by atoms with Crippen LogP contribution in [0.2, 0.25) is 0 Å². The summed E-state index contributed by atoms with van der Waals surface area (Å²) >= 11 is 0. The van der Waals surface area contributed by atoms with Crippen molar-refractivity contribution in [3.63, 3.8) is 0 Å². The minimum absolute atomic E-state index is 0.150. The van der Waals surface area contributed by atoms with Crippen molar-refractivity contribution in [3.8, 4) is 0 Å². The molecule has 1 saturated heterocycles. The number of nitrogens with two attached hydrogens (primary N) is 1. The SMILES string of the molecule is CCc1ccc(F)cc1N1CCC(CN)C1. The van der Waals surface area contributed by atoms with E-state index in [9.17, 15) is 4.39 Å². The summed E-state index contributed by atoms with van der Waals surface area (Å²) in [6, 6.07) is 5.08. The zero-order chi connectivity index (χ0) is 11.5. The smallest absolute Gasteiger partial charge is 0.125 e. The molecule has 0 amide bonds. The molecule has 1 unspecified atom stereocenters. The monoisotopic (exact) mass is 222 g/mol. The summed E-state index contributed by atoms with van der Waals surface area (Å²) in [7, 11) is 0. The summed E-state index contributed by atoms with van der Waals surface area (Å²) in [5.74, 6) is 0.413. The van der Waals surface area contributed by atoms with Crippen molar-refractivity contribution < 1.29 is 4.39 Å². The van der Waals surface area contributed by atoms with Crippen LogP contribution in [-0.4, -0.2) is 19.6 Å². The van der Waals surface area contributed by atoms with Gasteiger partial charge in [0.1, 0.15) is 5.82 Å². The first-order chi connectivity index (χ1) is 7.74. The Bertz CT molecular complexity index is 365. The molecular formula is C13H19FN2. The Kier molecular flexibility index (Phi) is 3.44. The molecule has 0 bridgehead atoms. The number of aryl methyl sites for hydroxylation is 1. The third kappa shape index (κ3) is 2.19. The van der Waals surface area contributed by atoms with E-state index in [0.29, 0.717) is 5.92 Å². The van der Waals surface area contributed by atoms with Gasteiger partial charge in [0.25, 0.3) is 0 Å². The molecule has 2 rings (SSSR count). The first-order valence-electron chi connectivity index (χ1n) is 5.98. The van der Waals surface area contributed by atoms with E-state index < -0.39 is 0 Å². The number of hydrogen-bond acceptors (Lipinski definition) is 2. The first-order valence-corrected chi connectivity index (χ1v) is 5.98. The van der Waals surface area contributed by atoms with Crippen LogP contribution in [0.3, 0.4) is 0 Å². The van der Waals surface area contributed by atoms with Crippen molar-refractivity contribution in [1.29, 1.82) is 0 Å². The second-order valence-corrected chi connectivity index (χ2v) is 4.46. The van der Waals surface area contributed by atoms with Gasteiger partial charge in [0.2, 0.25) is 0 Å². The van der Waals surface area contributed by atoms with Crippen LogP contribution >= 0.6 is 0 Å². The lowest BCUT2D eigenvalue weighted by Crippen LogP contribution is -2.23.